The molecular weight excluding hydrogens is 124 g/mol. The van der Waals surface area contributed by atoms with Gasteiger partial charge >= 0.3 is 5.97 Å². The van der Waals surface area contributed by atoms with Crippen LogP contribution in [-0.2, 0) is 14.6 Å². The summed E-state index contributed by atoms with van der Waals surface area (Å²) in [5.74, 6) is -1.18. The molecule has 1 fully saturated rings. The largest absolute Gasteiger partial charge is 0.481 e. The Kier molecular flexibility index (Phi) is 2.02. The van der Waals surface area contributed by atoms with Gasteiger partial charge in [0, 0.05) is 0 Å². The molecule has 1 aliphatic heterocycles. The van der Waals surface area contributed by atoms with E-state index in [0.717, 1.165) is 0 Å². The van der Waals surface area contributed by atoms with E-state index in [1.54, 1.807) is 0 Å². The van der Waals surface area contributed by atoms with Gasteiger partial charge in [0.2, 0.25) is 0 Å². The Morgan fingerprint density at radius 2 is 2.33 bits per heavy atom. The Hall–Kier alpha value is -0.610. The SMILES string of the molecule is O=C(O)C1CCOOC1. The molecule has 1 rings (SSSR count). The molecule has 0 aromatic carbocycles. The first-order chi connectivity index (χ1) is 4.30. The summed E-state index contributed by atoms with van der Waals surface area (Å²) in [5.41, 5.74) is 0. The van der Waals surface area contributed by atoms with Gasteiger partial charge in [0.1, 0.15) is 0 Å². The van der Waals surface area contributed by atoms with E-state index >= 15 is 0 Å². The number of carboxylic acids is 1. The fourth-order valence-corrected chi connectivity index (χ4v) is 0.658. The summed E-state index contributed by atoms with van der Waals surface area (Å²) in [4.78, 5) is 19.2. The smallest absolute Gasteiger partial charge is 0.309 e. The summed E-state index contributed by atoms with van der Waals surface area (Å²) in [6, 6.07) is 0. The van der Waals surface area contributed by atoms with Gasteiger partial charge in [0.25, 0.3) is 0 Å². The number of carboxylic acid groups (broad SMARTS) is 1. The third kappa shape index (κ3) is 1.65. The lowest BCUT2D eigenvalue weighted by atomic mass is 10.1. The van der Waals surface area contributed by atoms with E-state index in [1.165, 1.54) is 0 Å². The highest BCUT2D eigenvalue weighted by molar-refractivity contribution is 5.70. The highest BCUT2D eigenvalue weighted by atomic mass is 17.2. The van der Waals surface area contributed by atoms with Crippen LogP contribution in [-0.4, -0.2) is 24.3 Å². The lowest BCUT2D eigenvalue weighted by Gasteiger charge is -2.16. The van der Waals surface area contributed by atoms with Gasteiger partial charge in [0.05, 0.1) is 19.1 Å². The summed E-state index contributed by atoms with van der Waals surface area (Å²) >= 11 is 0. The molecule has 4 heteroatoms. The minimum Gasteiger partial charge on any atom is -0.481 e. The first-order valence-electron chi connectivity index (χ1n) is 2.78. The molecular formula is C5H8O4. The predicted molar refractivity (Wildman–Crippen MR) is 27.6 cm³/mol. The third-order valence-electron chi connectivity index (χ3n) is 1.25. The average Bonchev–Trinajstić information content (AvgIpc) is 1.90. The molecule has 0 radical (unpaired) electrons. The van der Waals surface area contributed by atoms with Crippen molar-refractivity contribution in [2.24, 2.45) is 5.92 Å². The van der Waals surface area contributed by atoms with Gasteiger partial charge in [-0.25, -0.2) is 9.78 Å². The Labute approximate surface area is 52.3 Å². The van der Waals surface area contributed by atoms with Gasteiger partial charge in [-0.1, -0.05) is 0 Å². The molecule has 0 aliphatic carbocycles. The van der Waals surface area contributed by atoms with E-state index in [4.69, 9.17) is 5.11 Å². The second kappa shape index (κ2) is 2.80. The Morgan fingerprint density at radius 3 is 2.67 bits per heavy atom. The van der Waals surface area contributed by atoms with E-state index in [-0.39, 0.29) is 12.5 Å². The molecule has 1 aliphatic rings. The van der Waals surface area contributed by atoms with E-state index in [0.29, 0.717) is 13.0 Å². The molecule has 0 amide bonds. The fourth-order valence-electron chi connectivity index (χ4n) is 0.658. The monoisotopic (exact) mass is 132 g/mol. The van der Waals surface area contributed by atoms with Crippen LogP contribution in [0.3, 0.4) is 0 Å². The molecule has 0 aromatic heterocycles. The maximum atomic E-state index is 10.2. The number of hydrogen-bond donors (Lipinski definition) is 1. The van der Waals surface area contributed by atoms with E-state index in [1.807, 2.05) is 0 Å². The van der Waals surface area contributed by atoms with Crippen LogP contribution in [0, 0.1) is 5.92 Å². The number of carbonyl (C=O) groups is 1. The van der Waals surface area contributed by atoms with Crippen molar-refractivity contribution in [2.75, 3.05) is 13.2 Å². The Balaban J connectivity index is 2.31. The van der Waals surface area contributed by atoms with Crippen molar-refractivity contribution in [1.29, 1.82) is 0 Å². The van der Waals surface area contributed by atoms with Gasteiger partial charge in [-0.15, -0.1) is 0 Å². The standard InChI is InChI=1S/C5H8O4/c6-5(7)4-1-2-8-9-3-4/h4H,1-3H2,(H,6,7). The van der Waals surface area contributed by atoms with Crippen LogP contribution in [0.25, 0.3) is 0 Å². The van der Waals surface area contributed by atoms with Crippen LogP contribution in [0.5, 0.6) is 0 Å². The van der Waals surface area contributed by atoms with Crippen LogP contribution in [0.15, 0.2) is 0 Å². The predicted octanol–water partition coefficient (Wildman–Crippen LogP) is 0.0391. The second-order valence-corrected chi connectivity index (χ2v) is 1.93. The summed E-state index contributed by atoms with van der Waals surface area (Å²) in [6.45, 7) is 0.562. The second-order valence-electron chi connectivity index (χ2n) is 1.93. The normalized spacial score (nSPS) is 27.8. The molecule has 0 bridgehead atoms. The zero-order valence-electron chi connectivity index (χ0n) is 4.87. The van der Waals surface area contributed by atoms with Crippen LogP contribution in [0.1, 0.15) is 6.42 Å². The van der Waals surface area contributed by atoms with Crippen LogP contribution < -0.4 is 0 Å². The van der Waals surface area contributed by atoms with Crippen molar-refractivity contribution in [3.63, 3.8) is 0 Å². The maximum absolute atomic E-state index is 10.2. The lowest BCUT2D eigenvalue weighted by Crippen LogP contribution is -2.26. The minimum absolute atomic E-state index is 0.176. The van der Waals surface area contributed by atoms with Crippen LogP contribution in [0.4, 0.5) is 0 Å². The topological polar surface area (TPSA) is 55.8 Å². The molecule has 0 spiro atoms. The minimum atomic E-state index is -0.807. The quantitative estimate of drug-likeness (QED) is 0.512. The lowest BCUT2D eigenvalue weighted by molar-refractivity contribution is -0.322. The van der Waals surface area contributed by atoms with Gasteiger partial charge in [-0.2, -0.15) is 0 Å². The van der Waals surface area contributed by atoms with Crippen LogP contribution >= 0.6 is 0 Å². The molecule has 1 saturated heterocycles. The van der Waals surface area contributed by atoms with Crippen molar-refractivity contribution < 1.29 is 19.7 Å². The molecule has 1 unspecified atom stereocenters. The molecule has 0 aromatic rings. The number of aliphatic carboxylic acids is 1. The summed E-state index contributed by atoms with van der Waals surface area (Å²) in [7, 11) is 0. The van der Waals surface area contributed by atoms with Crippen molar-refractivity contribution in [3.8, 4) is 0 Å². The molecule has 4 nitrogen and oxygen atoms in total. The van der Waals surface area contributed by atoms with Gasteiger partial charge < -0.3 is 5.11 Å². The Morgan fingerprint density at radius 1 is 1.56 bits per heavy atom. The third-order valence-corrected chi connectivity index (χ3v) is 1.25. The van der Waals surface area contributed by atoms with Gasteiger partial charge in [-0.05, 0) is 6.42 Å². The molecule has 9 heavy (non-hydrogen) atoms. The molecule has 0 saturated carbocycles. The molecule has 1 atom stereocenters. The van der Waals surface area contributed by atoms with E-state index < -0.39 is 5.97 Å². The van der Waals surface area contributed by atoms with Crippen LogP contribution in [0.2, 0.25) is 0 Å². The number of rotatable bonds is 1. The summed E-state index contributed by atoms with van der Waals surface area (Å²) in [5, 5.41) is 8.40. The zero-order chi connectivity index (χ0) is 6.69. The number of hydrogen-bond acceptors (Lipinski definition) is 3. The fraction of sp³-hybridized carbons (Fsp3) is 0.800. The molecule has 1 N–H and O–H groups in total. The van der Waals surface area contributed by atoms with E-state index in [2.05, 4.69) is 9.78 Å². The van der Waals surface area contributed by atoms with Gasteiger partial charge in [-0.3, -0.25) is 4.79 Å². The highest BCUT2D eigenvalue weighted by Crippen LogP contribution is 2.09. The highest BCUT2D eigenvalue weighted by Gasteiger charge is 2.21. The Bertz CT molecular complexity index is 106. The van der Waals surface area contributed by atoms with Crippen molar-refractivity contribution in [2.45, 2.75) is 6.42 Å². The van der Waals surface area contributed by atoms with Crippen molar-refractivity contribution in [1.82, 2.24) is 0 Å². The van der Waals surface area contributed by atoms with E-state index in [9.17, 15) is 4.79 Å². The summed E-state index contributed by atoms with van der Waals surface area (Å²) in [6.07, 6.45) is 0.551. The first kappa shape index (κ1) is 6.51. The van der Waals surface area contributed by atoms with Crippen molar-refractivity contribution in [3.05, 3.63) is 0 Å². The van der Waals surface area contributed by atoms with Gasteiger partial charge in [0.15, 0.2) is 0 Å². The van der Waals surface area contributed by atoms with Crippen molar-refractivity contribution >= 4 is 5.97 Å². The molecule has 52 valence electrons. The summed E-state index contributed by atoms with van der Waals surface area (Å²) < 4.78 is 0. The average molecular weight is 132 g/mol. The molecule has 1 heterocycles. The maximum Gasteiger partial charge on any atom is 0.309 e. The first-order valence-corrected chi connectivity index (χ1v) is 2.78. The zero-order valence-corrected chi connectivity index (χ0v) is 4.87.